The lowest BCUT2D eigenvalue weighted by Gasteiger charge is -1.88. The smallest absolute Gasteiger partial charge is 0.0918 e. The van der Waals surface area contributed by atoms with E-state index in [1.165, 1.54) is 5.56 Å². The summed E-state index contributed by atoms with van der Waals surface area (Å²) in [6.45, 7) is 0. The Labute approximate surface area is 63.0 Å². The first kappa shape index (κ1) is 7.14. The molecule has 1 rings (SSSR count). The van der Waals surface area contributed by atoms with Gasteiger partial charge in [0, 0.05) is 0 Å². The lowest BCUT2D eigenvalue weighted by molar-refractivity contribution is 1.64. The Hall–Kier alpha value is -0.975. The quantitative estimate of drug-likeness (QED) is 0.535. The zero-order valence-electron chi connectivity index (χ0n) is 6.25. The van der Waals surface area contributed by atoms with Gasteiger partial charge in [0.25, 0.3) is 0 Å². The van der Waals surface area contributed by atoms with Gasteiger partial charge in [-0.15, -0.1) is 0 Å². The minimum Gasteiger partial charge on any atom is -0.0918 e. The lowest BCUT2D eigenvalue weighted by atomic mass is 10.0. The average Bonchev–Trinajstić information content (AvgIpc) is 2.03. The molecule has 1 aromatic rings. The fourth-order valence-electron chi connectivity index (χ4n) is 0.818. The maximum Gasteiger partial charge on any atom is 0.106 e. The Balaban J connectivity index is 2.67. The predicted molar refractivity (Wildman–Crippen MR) is 48.8 cm³/mol. The third-order valence-electron chi connectivity index (χ3n) is 1.35. The molecule has 0 saturated carbocycles. The molecule has 0 amide bonds. The third-order valence-corrected chi connectivity index (χ3v) is 1.35. The van der Waals surface area contributed by atoms with Crippen LogP contribution in [0.1, 0.15) is 5.56 Å². The van der Waals surface area contributed by atoms with Gasteiger partial charge in [0.2, 0.25) is 0 Å². The second kappa shape index (κ2) is 3.94. The first-order valence-electron chi connectivity index (χ1n) is 3.65. The van der Waals surface area contributed by atoms with Crippen molar-refractivity contribution >= 4 is 13.9 Å². The van der Waals surface area contributed by atoms with E-state index in [4.69, 9.17) is 0 Å². The summed E-state index contributed by atoms with van der Waals surface area (Å²) in [6, 6.07) is 10.3. The number of rotatable bonds is 2. The van der Waals surface area contributed by atoms with Crippen molar-refractivity contribution in [2.75, 3.05) is 0 Å². The van der Waals surface area contributed by atoms with Gasteiger partial charge in [-0.05, 0) is 5.56 Å². The van der Waals surface area contributed by atoms with Crippen LogP contribution in [-0.2, 0) is 0 Å². The van der Waals surface area contributed by atoms with Gasteiger partial charge < -0.3 is 0 Å². The number of hydrogen-bond acceptors (Lipinski definition) is 0. The summed E-state index contributed by atoms with van der Waals surface area (Å²) >= 11 is 0. The highest BCUT2D eigenvalue weighted by Gasteiger charge is 1.79. The monoisotopic (exact) mass is 130 g/mol. The molecule has 0 aliphatic rings. The van der Waals surface area contributed by atoms with E-state index in [-0.39, 0.29) is 0 Å². The van der Waals surface area contributed by atoms with E-state index < -0.39 is 0 Å². The number of benzene rings is 1. The van der Waals surface area contributed by atoms with Crippen LogP contribution in [0, 0.1) is 0 Å². The molecular formula is C9H11B. The van der Waals surface area contributed by atoms with E-state index in [0.29, 0.717) is 0 Å². The predicted octanol–water partition coefficient (Wildman–Crippen LogP) is 1.75. The summed E-state index contributed by atoms with van der Waals surface area (Å²) in [5.41, 5.74) is 1.28. The molecule has 0 saturated heterocycles. The molecule has 10 heavy (non-hydrogen) atoms. The topological polar surface area (TPSA) is 0 Å². The van der Waals surface area contributed by atoms with Gasteiger partial charge in [0.05, 0.1) is 0 Å². The van der Waals surface area contributed by atoms with Crippen molar-refractivity contribution in [3.05, 3.63) is 42.0 Å². The highest BCUT2D eigenvalue weighted by molar-refractivity contribution is 6.09. The van der Waals surface area contributed by atoms with E-state index in [1.54, 1.807) is 0 Å². The van der Waals surface area contributed by atoms with Crippen molar-refractivity contribution in [2.45, 2.75) is 6.32 Å². The molecule has 0 radical (unpaired) electrons. The van der Waals surface area contributed by atoms with E-state index in [2.05, 4.69) is 44.3 Å². The highest BCUT2D eigenvalue weighted by atomic mass is 13.8. The highest BCUT2D eigenvalue weighted by Crippen LogP contribution is 2.00. The van der Waals surface area contributed by atoms with Crippen molar-refractivity contribution in [3.8, 4) is 0 Å². The fourth-order valence-corrected chi connectivity index (χ4v) is 0.818. The molecule has 0 fully saturated rings. The Morgan fingerprint density at radius 2 is 1.90 bits per heavy atom. The molecule has 0 aliphatic carbocycles. The number of allylic oxidation sites excluding steroid dienone is 1. The number of hydrogen-bond donors (Lipinski definition) is 0. The largest absolute Gasteiger partial charge is 0.106 e. The summed E-state index contributed by atoms with van der Waals surface area (Å²) in [7, 11) is 2.14. The van der Waals surface area contributed by atoms with Gasteiger partial charge in [-0.3, -0.25) is 0 Å². The van der Waals surface area contributed by atoms with Crippen molar-refractivity contribution in [3.63, 3.8) is 0 Å². The Morgan fingerprint density at radius 3 is 2.50 bits per heavy atom. The second-order valence-electron chi connectivity index (χ2n) is 2.22. The van der Waals surface area contributed by atoms with Gasteiger partial charge >= 0.3 is 0 Å². The molecule has 0 N–H and O–H groups in total. The minimum absolute atomic E-state index is 1.11. The maximum absolute atomic E-state index is 2.16. The van der Waals surface area contributed by atoms with E-state index in [9.17, 15) is 0 Å². The van der Waals surface area contributed by atoms with Gasteiger partial charge in [0.15, 0.2) is 0 Å². The zero-order valence-corrected chi connectivity index (χ0v) is 6.25. The molecule has 50 valence electrons. The SMILES string of the molecule is BCC=Cc1ccccc1. The van der Waals surface area contributed by atoms with Gasteiger partial charge in [0.1, 0.15) is 7.85 Å². The summed E-state index contributed by atoms with van der Waals surface area (Å²) in [6.07, 6.45) is 5.41. The molecule has 0 spiro atoms. The summed E-state index contributed by atoms with van der Waals surface area (Å²) < 4.78 is 0. The fraction of sp³-hybridized carbons (Fsp3) is 0.111. The zero-order chi connectivity index (χ0) is 7.23. The van der Waals surface area contributed by atoms with Crippen molar-refractivity contribution in [1.82, 2.24) is 0 Å². The molecule has 0 atom stereocenters. The van der Waals surface area contributed by atoms with Crippen molar-refractivity contribution in [2.24, 2.45) is 0 Å². The molecule has 0 nitrogen and oxygen atoms in total. The van der Waals surface area contributed by atoms with Crippen LogP contribution in [0.15, 0.2) is 36.4 Å². The van der Waals surface area contributed by atoms with Crippen LogP contribution in [-0.4, -0.2) is 7.85 Å². The second-order valence-corrected chi connectivity index (χ2v) is 2.22. The van der Waals surface area contributed by atoms with Gasteiger partial charge in [-0.2, -0.15) is 0 Å². The Morgan fingerprint density at radius 1 is 1.20 bits per heavy atom. The molecule has 0 unspecified atom stereocenters. The first-order valence-corrected chi connectivity index (χ1v) is 3.65. The molecule has 1 heteroatoms. The van der Waals surface area contributed by atoms with Gasteiger partial charge in [-0.1, -0.05) is 48.8 Å². The molecular weight excluding hydrogens is 119 g/mol. The Kier molecular flexibility index (Phi) is 2.81. The van der Waals surface area contributed by atoms with Crippen LogP contribution < -0.4 is 0 Å². The van der Waals surface area contributed by atoms with Crippen LogP contribution in [0.3, 0.4) is 0 Å². The van der Waals surface area contributed by atoms with Crippen LogP contribution in [0.25, 0.3) is 6.08 Å². The molecule has 0 aromatic heterocycles. The summed E-state index contributed by atoms with van der Waals surface area (Å²) in [5.74, 6) is 0. The third kappa shape index (κ3) is 2.10. The van der Waals surface area contributed by atoms with Crippen molar-refractivity contribution < 1.29 is 0 Å². The normalized spacial score (nSPS) is 10.4. The molecule has 0 aliphatic heterocycles. The molecule has 0 heterocycles. The van der Waals surface area contributed by atoms with Gasteiger partial charge in [-0.25, -0.2) is 0 Å². The van der Waals surface area contributed by atoms with E-state index in [1.807, 2.05) is 6.07 Å². The standard InChI is InChI=1S/C9H11B/c10-8-4-7-9-5-2-1-3-6-9/h1-7H,8,10H2. The maximum atomic E-state index is 2.16. The van der Waals surface area contributed by atoms with Crippen LogP contribution in [0.4, 0.5) is 0 Å². The Bertz CT molecular complexity index is 201. The van der Waals surface area contributed by atoms with E-state index in [0.717, 1.165) is 6.32 Å². The van der Waals surface area contributed by atoms with Crippen LogP contribution >= 0.6 is 0 Å². The molecule has 0 bridgehead atoms. The van der Waals surface area contributed by atoms with Crippen LogP contribution in [0.5, 0.6) is 0 Å². The summed E-state index contributed by atoms with van der Waals surface area (Å²) in [5, 5.41) is 0. The van der Waals surface area contributed by atoms with Crippen LogP contribution in [0.2, 0.25) is 6.32 Å². The average molecular weight is 130 g/mol. The molecule has 1 aromatic carbocycles. The first-order chi connectivity index (χ1) is 4.93. The van der Waals surface area contributed by atoms with E-state index >= 15 is 0 Å². The minimum atomic E-state index is 1.11. The lowest BCUT2D eigenvalue weighted by Crippen LogP contribution is -1.67. The van der Waals surface area contributed by atoms with Crippen molar-refractivity contribution in [1.29, 1.82) is 0 Å². The summed E-state index contributed by atoms with van der Waals surface area (Å²) in [4.78, 5) is 0.